The lowest BCUT2D eigenvalue weighted by Gasteiger charge is -2.18. The highest BCUT2D eigenvalue weighted by Gasteiger charge is 2.12. The molecular formula is C27H35N3OS. The number of ether oxygens (including phenoxy) is 1. The van der Waals surface area contributed by atoms with Gasteiger partial charge in [-0.2, -0.15) is 0 Å². The van der Waals surface area contributed by atoms with Gasteiger partial charge in [0, 0.05) is 36.0 Å². The fourth-order valence-corrected chi connectivity index (χ4v) is 4.47. The Kier molecular flexibility index (Phi) is 9.89. The minimum Gasteiger partial charge on any atom is -0.497 e. The van der Waals surface area contributed by atoms with Gasteiger partial charge in [0.1, 0.15) is 5.75 Å². The number of nitrogens with one attached hydrogen (secondary N) is 1. The molecule has 1 aromatic carbocycles. The van der Waals surface area contributed by atoms with Crippen LogP contribution in [0.25, 0.3) is 0 Å². The summed E-state index contributed by atoms with van der Waals surface area (Å²) in [5.41, 5.74) is 5.68. The van der Waals surface area contributed by atoms with Crippen molar-refractivity contribution in [3.8, 4) is 5.75 Å². The molecule has 1 aliphatic rings. The number of unbranched alkanes of at least 4 members (excludes halogenated alkanes) is 5. The van der Waals surface area contributed by atoms with E-state index in [0.717, 1.165) is 46.5 Å². The Morgan fingerprint density at radius 2 is 1.66 bits per heavy atom. The number of rotatable bonds is 12. The van der Waals surface area contributed by atoms with E-state index in [-0.39, 0.29) is 0 Å². The van der Waals surface area contributed by atoms with Crippen LogP contribution >= 0.6 is 11.8 Å². The summed E-state index contributed by atoms with van der Waals surface area (Å²) in [6, 6.07) is 12.6. The van der Waals surface area contributed by atoms with Crippen LogP contribution in [0.4, 0.5) is 0 Å². The van der Waals surface area contributed by atoms with Gasteiger partial charge >= 0.3 is 0 Å². The zero-order chi connectivity index (χ0) is 22.6. The third-order valence-corrected chi connectivity index (χ3v) is 6.58. The molecular weight excluding hydrogens is 414 g/mol. The van der Waals surface area contributed by atoms with E-state index in [4.69, 9.17) is 4.74 Å². The molecule has 2 aromatic rings. The largest absolute Gasteiger partial charge is 0.497 e. The van der Waals surface area contributed by atoms with Crippen LogP contribution in [0.2, 0.25) is 0 Å². The summed E-state index contributed by atoms with van der Waals surface area (Å²) in [5.74, 6) is 2.03. The third kappa shape index (κ3) is 8.19. The Morgan fingerprint density at radius 3 is 2.34 bits per heavy atom. The van der Waals surface area contributed by atoms with Gasteiger partial charge < -0.3 is 10.1 Å². The summed E-state index contributed by atoms with van der Waals surface area (Å²) in [4.78, 5) is 8.95. The third-order valence-electron chi connectivity index (χ3n) is 5.61. The molecule has 2 heterocycles. The predicted octanol–water partition coefficient (Wildman–Crippen LogP) is 6.61. The number of allylic oxidation sites excluding steroid dienone is 1. The van der Waals surface area contributed by atoms with Crippen molar-refractivity contribution in [1.29, 1.82) is 0 Å². The first kappa shape index (κ1) is 24.1. The van der Waals surface area contributed by atoms with E-state index in [1.807, 2.05) is 37.5 Å². The standard InChI is InChI=1S/C27H35N3OS/c1-21-11-12-24(19-28-21)18-25-20-29-27(30-22(25)2)32-17-9-7-5-4-6-8-10-23-13-15-26(31-3)16-14-23/h11-16,19-20H,2,4-10,17-18H2,1,3H3,(H,29,30). The van der Waals surface area contributed by atoms with Crippen molar-refractivity contribution in [3.05, 3.63) is 83.5 Å². The molecule has 0 spiro atoms. The lowest BCUT2D eigenvalue weighted by atomic mass is 10.0. The molecule has 0 saturated carbocycles. The number of aliphatic imine (C=N–C) groups is 1. The number of thioether (sulfide) groups is 1. The van der Waals surface area contributed by atoms with Crippen molar-refractivity contribution < 1.29 is 4.74 Å². The van der Waals surface area contributed by atoms with Gasteiger partial charge in [-0.3, -0.25) is 4.98 Å². The first-order chi connectivity index (χ1) is 15.6. The molecule has 1 N–H and O–H groups in total. The Balaban J connectivity index is 1.25. The van der Waals surface area contributed by atoms with Gasteiger partial charge in [-0.25, -0.2) is 4.99 Å². The first-order valence-corrected chi connectivity index (χ1v) is 12.5. The summed E-state index contributed by atoms with van der Waals surface area (Å²) in [7, 11) is 1.71. The number of methoxy groups -OCH3 is 1. The van der Waals surface area contributed by atoms with Crippen molar-refractivity contribution in [3.63, 3.8) is 0 Å². The minimum absolute atomic E-state index is 0.805. The second-order valence-corrected chi connectivity index (χ2v) is 9.33. The van der Waals surface area contributed by atoms with E-state index in [9.17, 15) is 0 Å². The lowest BCUT2D eigenvalue weighted by Crippen LogP contribution is -2.24. The van der Waals surface area contributed by atoms with Gasteiger partial charge in [-0.15, -0.1) is 0 Å². The van der Waals surface area contributed by atoms with E-state index in [2.05, 4.69) is 40.1 Å². The summed E-state index contributed by atoms with van der Waals surface area (Å²) in [6.07, 6.45) is 13.5. The molecule has 0 unspecified atom stereocenters. The maximum Gasteiger partial charge on any atom is 0.165 e. The van der Waals surface area contributed by atoms with Crippen LogP contribution in [-0.2, 0) is 12.8 Å². The maximum atomic E-state index is 5.21. The Labute approximate surface area is 197 Å². The SMILES string of the molecule is C=C1NC(SCCCCCCCCc2ccc(OC)cc2)=NC=C1Cc1ccc(C)nc1. The number of aromatic nitrogens is 1. The number of pyridine rings is 1. The Bertz CT molecular complexity index is 917. The molecule has 0 radical (unpaired) electrons. The van der Waals surface area contributed by atoms with E-state index in [0.29, 0.717) is 0 Å². The molecule has 32 heavy (non-hydrogen) atoms. The number of hydrogen-bond donors (Lipinski definition) is 1. The summed E-state index contributed by atoms with van der Waals surface area (Å²) < 4.78 is 5.21. The molecule has 1 aromatic heterocycles. The normalized spacial score (nSPS) is 13.4. The van der Waals surface area contributed by atoms with Crippen molar-refractivity contribution in [2.45, 2.75) is 58.3 Å². The summed E-state index contributed by atoms with van der Waals surface area (Å²) in [6.45, 7) is 6.18. The van der Waals surface area contributed by atoms with Gasteiger partial charge in [-0.05, 0) is 61.1 Å². The van der Waals surface area contributed by atoms with Crippen molar-refractivity contribution in [2.24, 2.45) is 4.99 Å². The molecule has 0 atom stereocenters. The van der Waals surface area contributed by atoms with Gasteiger partial charge in [0.2, 0.25) is 0 Å². The van der Waals surface area contributed by atoms with Crippen LogP contribution in [0.3, 0.4) is 0 Å². The van der Waals surface area contributed by atoms with Crippen LogP contribution < -0.4 is 10.1 Å². The molecule has 0 aliphatic carbocycles. The Morgan fingerprint density at radius 1 is 0.938 bits per heavy atom. The van der Waals surface area contributed by atoms with Crippen LogP contribution in [0.5, 0.6) is 5.75 Å². The van der Waals surface area contributed by atoms with Crippen molar-refractivity contribution >= 4 is 16.9 Å². The molecule has 0 bridgehead atoms. The average Bonchev–Trinajstić information content (AvgIpc) is 2.81. The molecule has 5 heteroatoms. The predicted molar refractivity (Wildman–Crippen MR) is 137 cm³/mol. The second-order valence-electron chi connectivity index (χ2n) is 8.24. The molecule has 0 amide bonds. The van der Waals surface area contributed by atoms with Gasteiger partial charge in [0.15, 0.2) is 5.17 Å². The van der Waals surface area contributed by atoms with Gasteiger partial charge in [0.25, 0.3) is 0 Å². The van der Waals surface area contributed by atoms with E-state index in [1.165, 1.54) is 49.7 Å². The zero-order valence-electron chi connectivity index (χ0n) is 19.4. The fraction of sp³-hybridized carbons (Fsp3) is 0.407. The molecule has 0 fully saturated rings. The van der Waals surface area contributed by atoms with Crippen LogP contribution in [0.15, 0.2) is 71.6 Å². The highest BCUT2D eigenvalue weighted by molar-refractivity contribution is 8.13. The quantitative estimate of drug-likeness (QED) is 0.370. The summed E-state index contributed by atoms with van der Waals surface area (Å²) in [5, 5.41) is 4.32. The van der Waals surface area contributed by atoms with Crippen molar-refractivity contribution in [2.75, 3.05) is 12.9 Å². The molecule has 170 valence electrons. The zero-order valence-corrected chi connectivity index (χ0v) is 20.2. The highest BCUT2D eigenvalue weighted by Crippen LogP contribution is 2.20. The second kappa shape index (κ2) is 13.1. The minimum atomic E-state index is 0.805. The van der Waals surface area contributed by atoms with Gasteiger partial charge in [0.05, 0.1) is 7.11 Å². The van der Waals surface area contributed by atoms with Crippen LogP contribution in [0.1, 0.15) is 55.3 Å². The maximum absolute atomic E-state index is 5.21. The fourth-order valence-electron chi connectivity index (χ4n) is 3.60. The Hall–Kier alpha value is -2.53. The number of hydrogen-bond acceptors (Lipinski definition) is 5. The first-order valence-electron chi connectivity index (χ1n) is 11.5. The lowest BCUT2D eigenvalue weighted by molar-refractivity contribution is 0.414. The topological polar surface area (TPSA) is 46.5 Å². The van der Waals surface area contributed by atoms with E-state index < -0.39 is 0 Å². The number of aryl methyl sites for hydroxylation is 2. The van der Waals surface area contributed by atoms with Crippen molar-refractivity contribution in [1.82, 2.24) is 10.3 Å². The molecule has 0 saturated heterocycles. The number of amidine groups is 1. The average molecular weight is 450 g/mol. The highest BCUT2D eigenvalue weighted by atomic mass is 32.2. The smallest absolute Gasteiger partial charge is 0.165 e. The van der Waals surface area contributed by atoms with Gasteiger partial charge in [-0.1, -0.05) is 62.2 Å². The summed E-state index contributed by atoms with van der Waals surface area (Å²) >= 11 is 1.79. The van der Waals surface area contributed by atoms with Crippen LogP contribution in [-0.4, -0.2) is 23.0 Å². The molecule has 4 nitrogen and oxygen atoms in total. The molecule has 1 aliphatic heterocycles. The number of nitrogens with zero attached hydrogens (tertiary/aromatic N) is 2. The monoisotopic (exact) mass is 449 g/mol. The van der Waals surface area contributed by atoms with E-state index in [1.54, 1.807) is 18.9 Å². The van der Waals surface area contributed by atoms with E-state index >= 15 is 0 Å². The number of benzene rings is 1. The van der Waals surface area contributed by atoms with Crippen LogP contribution in [0, 0.1) is 6.92 Å². The molecule has 3 rings (SSSR count).